The Balaban J connectivity index is 1.40. The fourth-order valence-electron chi connectivity index (χ4n) is 3.81. The van der Waals surface area contributed by atoms with Gasteiger partial charge in [0.25, 0.3) is 0 Å². The maximum absolute atomic E-state index is 12.8. The van der Waals surface area contributed by atoms with Gasteiger partial charge in [0.05, 0.1) is 16.4 Å². The standard InChI is InChI=1S/C24H21N5OS/c1-15-7-9-17(10-8-15)21-16(2)31-24-22(21)23(26-13-27-24)25-12-11-20(30)29-14-28-18-5-3-4-6-19(18)29/h3-10,13-14H,11-12H2,1-2H3,(H,25,26,27). The highest BCUT2D eigenvalue weighted by Crippen LogP contribution is 2.40. The topological polar surface area (TPSA) is 72.7 Å². The maximum atomic E-state index is 12.8. The molecule has 1 N–H and O–H groups in total. The average molecular weight is 428 g/mol. The molecule has 0 saturated carbocycles. The predicted octanol–water partition coefficient (Wildman–Crippen LogP) is 5.47. The number of hydrogen-bond acceptors (Lipinski definition) is 6. The molecule has 0 aliphatic carbocycles. The highest BCUT2D eigenvalue weighted by atomic mass is 32.1. The molecule has 0 atom stereocenters. The second kappa shape index (κ2) is 7.92. The van der Waals surface area contributed by atoms with Crippen LogP contribution < -0.4 is 5.32 Å². The van der Waals surface area contributed by atoms with Crippen molar-refractivity contribution in [3.05, 3.63) is 71.6 Å². The van der Waals surface area contributed by atoms with Crippen molar-refractivity contribution < 1.29 is 4.79 Å². The number of benzene rings is 2. The van der Waals surface area contributed by atoms with Gasteiger partial charge in [-0.3, -0.25) is 9.36 Å². The summed E-state index contributed by atoms with van der Waals surface area (Å²) in [6, 6.07) is 16.1. The summed E-state index contributed by atoms with van der Waals surface area (Å²) in [5.41, 5.74) is 5.16. The zero-order valence-electron chi connectivity index (χ0n) is 17.3. The van der Waals surface area contributed by atoms with Gasteiger partial charge in [0.1, 0.15) is 23.3 Å². The van der Waals surface area contributed by atoms with Crippen molar-refractivity contribution in [3.8, 4) is 11.1 Å². The highest BCUT2D eigenvalue weighted by molar-refractivity contribution is 7.19. The first-order chi connectivity index (χ1) is 15.1. The Morgan fingerprint density at radius 2 is 1.84 bits per heavy atom. The molecule has 6 nitrogen and oxygen atoms in total. The van der Waals surface area contributed by atoms with E-state index in [1.807, 2.05) is 24.3 Å². The Labute approximate surface area is 183 Å². The molecule has 3 heterocycles. The van der Waals surface area contributed by atoms with Crippen molar-refractivity contribution in [2.75, 3.05) is 11.9 Å². The Hall–Kier alpha value is -3.58. The Kier molecular flexibility index (Phi) is 4.95. The van der Waals surface area contributed by atoms with Gasteiger partial charge in [-0.15, -0.1) is 11.3 Å². The molecule has 0 aliphatic rings. The number of carbonyl (C=O) groups excluding carboxylic acids is 1. The van der Waals surface area contributed by atoms with Crippen molar-refractivity contribution in [2.24, 2.45) is 0 Å². The van der Waals surface area contributed by atoms with Crippen LogP contribution in [0.25, 0.3) is 32.4 Å². The van der Waals surface area contributed by atoms with Crippen molar-refractivity contribution in [2.45, 2.75) is 20.3 Å². The molecular weight excluding hydrogens is 406 g/mol. The molecule has 0 amide bonds. The zero-order valence-corrected chi connectivity index (χ0v) is 18.1. The number of hydrogen-bond donors (Lipinski definition) is 1. The number of aryl methyl sites for hydroxylation is 2. The normalized spacial score (nSPS) is 11.3. The van der Waals surface area contributed by atoms with E-state index in [1.165, 1.54) is 10.4 Å². The lowest BCUT2D eigenvalue weighted by Crippen LogP contribution is -2.15. The van der Waals surface area contributed by atoms with Crippen LogP contribution in [0.2, 0.25) is 0 Å². The third-order valence-corrected chi connectivity index (χ3v) is 6.37. The van der Waals surface area contributed by atoms with E-state index < -0.39 is 0 Å². The number of rotatable bonds is 5. The minimum atomic E-state index is -0.00763. The molecular formula is C24H21N5OS. The maximum Gasteiger partial charge on any atom is 0.234 e. The van der Waals surface area contributed by atoms with Crippen LogP contribution in [0.5, 0.6) is 0 Å². The van der Waals surface area contributed by atoms with Gasteiger partial charge in [-0.25, -0.2) is 15.0 Å². The number of imidazole rings is 1. The van der Waals surface area contributed by atoms with Crippen LogP contribution in [-0.2, 0) is 0 Å². The molecule has 0 radical (unpaired) electrons. The van der Waals surface area contributed by atoms with E-state index in [0.717, 1.165) is 38.2 Å². The number of aromatic nitrogens is 4. The van der Waals surface area contributed by atoms with Crippen LogP contribution in [0.1, 0.15) is 21.7 Å². The summed E-state index contributed by atoms with van der Waals surface area (Å²) in [6.07, 6.45) is 3.49. The average Bonchev–Trinajstić information content (AvgIpc) is 3.35. The molecule has 0 unspecified atom stereocenters. The van der Waals surface area contributed by atoms with Gasteiger partial charge in [-0.2, -0.15) is 0 Å². The third kappa shape index (κ3) is 3.57. The van der Waals surface area contributed by atoms with Gasteiger partial charge in [0.2, 0.25) is 5.91 Å². The van der Waals surface area contributed by atoms with Crippen molar-refractivity contribution >= 4 is 44.3 Å². The molecule has 5 rings (SSSR count). The van der Waals surface area contributed by atoms with Gasteiger partial charge in [0, 0.05) is 23.4 Å². The van der Waals surface area contributed by atoms with Crippen LogP contribution >= 0.6 is 11.3 Å². The molecule has 0 bridgehead atoms. The second-order valence-electron chi connectivity index (χ2n) is 7.48. The zero-order chi connectivity index (χ0) is 21.4. The van der Waals surface area contributed by atoms with Crippen LogP contribution in [-0.4, -0.2) is 32.0 Å². The molecule has 0 saturated heterocycles. The van der Waals surface area contributed by atoms with Crippen molar-refractivity contribution in [1.29, 1.82) is 0 Å². The van der Waals surface area contributed by atoms with Gasteiger partial charge in [-0.05, 0) is 31.5 Å². The predicted molar refractivity (Wildman–Crippen MR) is 126 cm³/mol. The quantitative estimate of drug-likeness (QED) is 0.403. The number of nitrogens with one attached hydrogen (secondary N) is 1. The summed E-state index contributed by atoms with van der Waals surface area (Å²) in [4.78, 5) is 28.2. The van der Waals surface area contributed by atoms with E-state index in [0.29, 0.717) is 13.0 Å². The van der Waals surface area contributed by atoms with E-state index in [1.54, 1.807) is 28.6 Å². The number of anilines is 1. The number of nitrogens with zero attached hydrogens (tertiary/aromatic N) is 4. The summed E-state index contributed by atoms with van der Waals surface area (Å²) in [6.45, 7) is 4.66. The first-order valence-electron chi connectivity index (χ1n) is 10.1. The summed E-state index contributed by atoms with van der Waals surface area (Å²) in [7, 11) is 0. The van der Waals surface area contributed by atoms with E-state index in [-0.39, 0.29) is 5.91 Å². The number of carbonyl (C=O) groups is 1. The molecule has 2 aromatic carbocycles. The molecule has 0 aliphatic heterocycles. The van der Waals surface area contributed by atoms with Crippen LogP contribution in [0.3, 0.4) is 0 Å². The van der Waals surface area contributed by atoms with Gasteiger partial charge >= 0.3 is 0 Å². The highest BCUT2D eigenvalue weighted by Gasteiger charge is 2.17. The summed E-state index contributed by atoms with van der Waals surface area (Å²) >= 11 is 1.66. The summed E-state index contributed by atoms with van der Waals surface area (Å²) in [5.74, 6) is 0.750. The Morgan fingerprint density at radius 3 is 2.68 bits per heavy atom. The fraction of sp³-hybridized carbons (Fsp3) is 0.167. The largest absolute Gasteiger partial charge is 0.369 e. The first kappa shape index (κ1) is 19.4. The van der Waals surface area contributed by atoms with E-state index in [9.17, 15) is 4.79 Å². The molecule has 31 heavy (non-hydrogen) atoms. The SMILES string of the molecule is Cc1ccc(-c2c(C)sc3ncnc(NCCC(=O)n4cnc5ccccc54)c23)cc1. The monoisotopic (exact) mass is 427 g/mol. The minimum absolute atomic E-state index is 0.00763. The summed E-state index contributed by atoms with van der Waals surface area (Å²) < 4.78 is 1.61. The lowest BCUT2D eigenvalue weighted by atomic mass is 10.0. The molecule has 3 aromatic heterocycles. The van der Waals surface area contributed by atoms with Gasteiger partial charge < -0.3 is 5.32 Å². The first-order valence-corrected chi connectivity index (χ1v) is 10.9. The van der Waals surface area contributed by atoms with Crippen molar-refractivity contribution in [3.63, 3.8) is 0 Å². The lowest BCUT2D eigenvalue weighted by molar-refractivity contribution is 0.0912. The number of thiophene rings is 1. The molecule has 0 spiro atoms. The molecule has 7 heteroatoms. The second-order valence-corrected chi connectivity index (χ2v) is 8.68. The number of para-hydroxylation sites is 2. The number of fused-ring (bicyclic) bond motifs is 2. The van der Waals surface area contributed by atoms with Gasteiger partial charge in [-0.1, -0.05) is 42.0 Å². The summed E-state index contributed by atoms with van der Waals surface area (Å²) in [5, 5.41) is 4.37. The Bertz CT molecular complexity index is 1400. The smallest absolute Gasteiger partial charge is 0.234 e. The molecule has 0 fully saturated rings. The van der Waals surface area contributed by atoms with Crippen molar-refractivity contribution in [1.82, 2.24) is 19.5 Å². The van der Waals surface area contributed by atoms with E-state index in [4.69, 9.17) is 0 Å². The fourth-order valence-corrected chi connectivity index (χ4v) is 4.82. The molecule has 5 aromatic rings. The van der Waals surface area contributed by atoms with Crippen LogP contribution in [0.15, 0.2) is 61.2 Å². The van der Waals surface area contributed by atoms with Crippen LogP contribution in [0.4, 0.5) is 5.82 Å². The van der Waals surface area contributed by atoms with E-state index in [2.05, 4.69) is 58.4 Å². The third-order valence-electron chi connectivity index (χ3n) is 5.36. The minimum Gasteiger partial charge on any atom is -0.369 e. The Morgan fingerprint density at radius 1 is 1.03 bits per heavy atom. The van der Waals surface area contributed by atoms with Crippen LogP contribution in [0, 0.1) is 13.8 Å². The van der Waals surface area contributed by atoms with E-state index >= 15 is 0 Å². The lowest BCUT2D eigenvalue weighted by Gasteiger charge is -2.09. The molecule has 154 valence electrons. The van der Waals surface area contributed by atoms with Gasteiger partial charge in [0.15, 0.2) is 0 Å².